The Bertz CT molecular complexity index is 949. The van der Waals surface area contributed by atoms with Gasteiger partial charge < -0.3 is 20.2 Å². The average Bonchev–Trinajstić information content (AvgIpc) is 3.13. The summed E-state index contributed by atoms with van der Waals surface area (Å²) in [4.78, 5) is 36.1. The van der Waals surface area contributed by atoms with Gasteiger partial charge in [-0.2, -0.15) is 0 Å². The molecule has 2 aliphatic carbocycles. The highest BCUT2D eigenvalue weighted by atomic mass is 32.1. The molecule has 1 aromatic heterocycles. The van der Waals surface area contributed by atoms with Gasteiger partial charge in [-0.25, -0.2) is 4.98 Å². The first-order valence-electron chi connectivity index (χ1n) is 13.2. The van der Waals surface area contributed by atoms with E-state index in [2.05, 4.69) is 51.9 Å². The Balaban J connectivity index is 1.49. The Morgan fingerprint density at radius 1 is 1.26 bits per heavy atom. The van der Waals surface area contributed by atoms with Crippen molar-refractivity contribution in [2.24, 2.45) is 28.6 Å². The Morgan fingerprint density at radius 3 is 2.54 bits per heavy atom. The lowest BCUT2D eigenvalue weighted by atomic mass is 9.53. The summed E-state index contributed by atoms with van der Waals surface area (Å²) in [7, 11) is 2.09. The van der Waals surface area contributed by atoms with E-state index < -0.39 is 6.10 Å². The van der Waals surface area contributed by atoms with Crippen LogP contribution in [0.15, 0.2) is 0 Å². The van der Waals surface area contributed by atoms with Gasteiger partial charge in [0.2, 0.25) is 11.8 Å². The number of nitrogens with zero attached hydrogens (tertiary/aromatic N) is 3. The van der Waals surface area contributed by atoms with Crippen LogP contribution in [0, 0.1) is 28.6 Å². The van der Waals surface area contributed by atoms with E-state index in [0.717, 1.165) is 51.1 Å². The summed E-state index contributed by atoms with van der Waals surface area (Å²) in [5, 5.41) is 15.4. The van der Waals surface area contributed by atoms with Gasteiger partial charge in [0, 0.05) is 49.3 Å². The van der Waals surface area contributed by atoms with Crippen molar-refractivity contribution in [2.45, 2.75) is 79.2 Å². The van der Waals surface area contributed by atoms with E-state index in [1.807, 2.05) is 11.8 Å². The van der Waals surface area contributed by atoms with Crippen molar-refractivity contribution < 1.29 is 14.7 Å². The molecule has 0 unspecified atom stereocenters. The minimum Gasteiger partial charge on any atom is -0.392 e. The Morgan fingerprint density at radius 2 is 1.91 bits per heavy atom. The first-order chi connectivity index (χ1) is 16.3. The number of hydrogen-bond acceptors (Lipinski definition) is 6. The van der Waals surface area contributed by atoms with E-state index in [9.17, 15) is 14.7 Å². The van der Waals surface area contributed by atoms with Crippen LogP contribution in [-0.4, -0.2) is 71.0 Å². The van der Waals surface area contributed by atoms with Gasteiger partial charge in [0.1, 0.15) is 0 Å². The second-order valence-corrected chi connectivity index (χ2v) is 14.0. The molecule has 0 radical (unpaired) electrons. The van der Waals surface area contributed by atoms with Crippen LogP contribution in [0.25, 0.3) is 0 Å². The number of anilines is 1. The molecule has 196 valence electrons. The number of aliphatic hydroxyl groups is 1. The highest BCUT2D eigenvalue weighted by Crippen LogP contribution is 2.57. The maximum Gasteiger partial charge on any atom is 0.226 e. The molecule has 4 rings (SSSR count). The number of carbonyl (C=O) groups excluding carboxylic acids is 2. The number of likely N-dealkylation sites (N-methyl/N-ethyl adjacent to an activating group) is 1. The molecule has 0 bridgehead atoms. The molecule has 2 N–H and O–H groups in total. The van der Waals surface area contributed by atoms with E-state index in [4.69, 9.17) is 4.98 Å². The van der Waals surface area contributed by atoms with Crippen molar-refractivity contribution in [1.29, 1.82) is 0 Å². The minimum atomic E-state index is -0.538. The number of thiazole rings is 1. The van der Waals surface area contributed by atoms with Gasteiger partial charge in [0.15, 0.2) is 5.13 Å². The fourth-order valence-electron chi connectivity index (χ4n) is 6.74. The maximum absolute atomic E-state index is 13.3. The van der Waals surface area contributed by atoms with Crippen molar-refractivity contribution >= 4 is 28.3 Å². The van der Waals surface area contributed by atoms with Crippen LogP contribution in [0.3, 0.4) is 0 Å². The van der Waals surface area contributed by atoms with Gasteiger partial charge in [-0.15, -0.1) is 11.3 Å². The molecular formula is C27H44N4O3S. The summed E-state index contributed by atoms with van der Waals surface area (Å²) >= 11 is 1.59. The first kappa shape index (κ1) is 26.6. The fourth-order valence-corrected chi connectivity index (χ4v) is 8.02. The molecule has 1 aliphatic heterocycles. The van der Waals surface area contributed by atoms with E-state index in [1.54, 1.807) is 11.3 Å². The molecule has 1 aromatic rings. The molecule has 35 heavy (non-hydrogen) atoms. The molecule has 1 saturated heterocycles. The van der Waals surface area contributed by atoms with Gasteiger partial charge >= 0.3 is 0 Å². The van der Waals surface area contributed by atoms with Gasteiger partial charge in [0.05, 0.1) is 11.8 Å². The van der Waals surface area contributed by atoms with Gasteiger partial charge in [-0.1, -0.05) is 41.5 Å². The maximum atomic E-state index is 13.3. The van der Waals surface area contributed by atoms with Gasteiger partial charge in [0.25, 0.3) is 0 Å². The largest absolute Gasteiger partial charge is 0.392 e. The highest BCUT2D eigenvalue weighted by molar-refractivity contribution is 7.15. The third-order valence-corrected chi connectivity index (χ3v) is 9.69. The highest BCUT2D eigenvalue weighted by Gasteiger charge is 2.54. The number of fused-ring (bicyclic) bond motifs is 2. The molecule has 6 atom stereocenters. The molecule has 0 spiro atoms. The third kappa shape index (κ3) is 5.44. The summed E-state index contributed by atoms with van der Waals surface area (Å²) in [6, 6.07) is 0. The Labute approximate surface area is 214 Å². The van der Waals surface area contributed by atoms with E-state index in [-0.39, 0.29) is 46.3 Å². The van der Waals surface area contributed by atoms with Crippen LogP contribution < -0.4 is 5.32 Å². The third-order valence-electron chi connectivity index (χ3n) is 8.71. The normalized spacial score (nSPS) is 32.5. The number of piperazine rings is 1. The number of carbonyl (C=O) groups is 2. The zero-order chi connectivity index (χ0) is 25.7. The number of rotatable bonds is 4. The summed E-state index contributed by atoms with van der Waals surface area (Å²) in [6.45, 7) is 16.0. The predicted molar refractivity (Wildman–Crippen MR) is 141 cm³/mol. The molecule has 0 aromatic carbocycles. The van der Waals surface area contributed by atoms with Crippen molar-refractivity contribution in [1.82, 2.24) is 14.8 Å². The number of aromatic nitrogens is 1. The lowest BCUT2D eigenvalue weighted by molar-refractivity contribution is -0.146. The van der Waals surface area contributed by atoms with E-state index >= 15 is 0 Å². The summed E-state index contributed by atoms with van der Waals surface area (Å²) < 4.78 is 0. The topological polar surface area (TPSA) is 85.8 Å². The SMILES string of the molecule is C[C@H](C(=O)N1CCN(C)CC1)[C@@H]1CC[C@]2(C)Cc3sc(NC(=O)CC(C)(C)C)nc3[C@H](C)[C@@H]2[C@H]1O. The number of nitrogens with one attached hydrogen (secondary N) is 1. The van der Waals surface area contributed by atoms with Crippen molar-refractivity contribution in [3.05, 3.63) is 10.6 Å². The standard InChI is InChI=1S/C27H44N4O3S/c1-16(24(34)31-12-10-30(7)11-13-31)18-8-9-27(6)14-19-22(17(2)21(27)23(18)33)29-25(35-19)28-20(32)15-26(3,4)5/h16-18,21,23,33H,8-15H2,1-7H3,(H,28,29,32)/t16-,17+,18-,21+,23-,27+/m0/s1. The number of aliphatic hydroxyl groups excluding tert-OH is 1. The van der Waals surface area contributed by atoms with Crippen molar-refractivity contribution in [3.63, 3.8) is 0 Å². The van der Waals surface area contributed by atoms with Crippen LogP contribution >= 0.6 is 11.3 Å². The fraction of sp³-hybridized carbons (Fsp3) is 0.815. The monoisotopic (exact) mass is 504 g/mol. The van der Waals surface area contributed by atoms with Crippen LogP contribution in [-0.2, 0) is 16.0 Å². The Kier molecular flexibility index (Phi) is 7.39. The quantitative estimate of drug-likeness (QED) is 0.648. The first-order valence-corrected chi connectivity index (χ1v) is 14.1. The summed E-state index contributed by atoms with van der Waals surface area (Å²) in [5.41, 5.74) is 0.910. The van der Waals surface area contributed by atoms with Crippen LogP contribution in [0.1, 0.15) is 77.3 Å². The van der Waals surface area contributed by atoms with Crippen molar-refractivity contribution in [2.75, 3.05) is 38.5 Å². The molecule has 7 nitrogen and oxygen atoms in total. The lowest BCUT2D eigenvalue weighted by Gasteiger charge is -2.53. The summed E-state index contributed by atoms with van der Waals surface area (Å²) in [6.07, 6.45) is 2.64. The second kappa shape index (κ2) is 9.75. The number of hydrogen-bond donors (Lipinski definition) is 2. The van der Waals surface area contributed by atoms with Gasteiger partial charge in [-0.3, -0.25) is 9.59 Å². The molecule has 2 heterocycles. The van der Waals surface area contributed by atoms with Crippen LogP contribution in [0.2, 0.25) is 0 Å². The van der Waals surface area contributed by atoms with E-state index in [1.165, 1.54) is 4.88 Å². The molecule has 8 heteroatoms. The zero-order valence-electron chi connectivity index (χ0n) is 22.6. The zero-order valence-corrected chi connectivity index (χ0v) is 23.4. The molecule has 2 fully saturated rings. The molecular weight excluding hydrogens is 460 g/mol. The summed E-state index contributed by atoms with van der Waals surface area (Å²) in [5.74, 6) is 0.0976. The van der Waals surface area contributed by atoms with Crippen LogP contribution in [0.4, 0.5) is 5.13 Å². The second-order valence-electron chi connectivity index (χ2n) is 12.9. The number of amides is 2. The van der Waals surface area contributed by atoms with E-state index in [0.29, 0.717) is 11.6 Å². The minimum absolute atomic E-state index is 0.00350. The molecule has 2 amide bonds. The van der Waals surface area contributed by atoms with Gasteiger partial charge in [-0.05, 0) is 49.0 Å². The average molecular weight is 505 g/mol. The smallest absolute Gasteiger partial charge is 0.226 e. The lowest BCUT2D eigenvalue weighted by Crippen LogP contribution is -2.55. The van der Waals surface area contributed by atoms with Crippen molar-refractivity contribution in [3.8, 4) is 0 Å². The molecule has 1 saturated carbocycles. The Hall–Kier alpha value is -1.51. The molecule has 3 aliphatic rings. The van der Waals surface area contributed by atoms with Crippen LogP contribution in [0.5, 0.6) is 0 Å². The predicted octanol–water partition coefficient (Wildman–Crippen LogP) is 3.98.